The first-order chi connectivity index (χ1) is 22.0. The molecule has 6 atom stereocenters. The summed E-state index contributed by atoms with van der Waals surface area (Å²) in [6.45, 7) is -0.233. The Bertz CT molecular complexity index is 1830. The number of benzene rings is 2. The molecule has 47 heavy (non-hydrogen) atoms. The van der Waals surface area contributed by atoms with Gasteiger partial charge in [-0.3, -0.25) is 28.9 Å². The predicted octanol–water partition coefficient (Wildman–Crippen LogP) is 5.17. The van der Waals surface area contributed by atoms with Crippen LogP contribution in [0.2, 0.25) is 5.02 Å². The molecule has 0 aromatic heterocycles. The Morgan fingerprint density at radius 2 is 1.53 bits per heavy atom. The Labute approximate surface area is 276 Å². The second-order valence-electron chi connectivity index (χ2n) is 11.7. The van der Waals surface area contributed by atoms with Gasteiger partial charge >= 0.3 is 5.97 Å². The van der Waals surface area contributed by atoms with Crippen molar-refractivity contribution in [1.82, 2.24) is 4.90 Å². The highest BCUT2D eigenvalue weighted by Gasteiger charge is 2.77. The number of phenols is 1. The summed E-state index contributed by atoms with van der Waals surface area (Å²) < 4.78 is 72.7. The predicted molar refractivity (Wildman–Crippen MR) is 153 cm³/mol. The molecule has 4 aliphatic rings. The van der Waals surface area contributed by atoms with Gasteiger partial charge in [-0.15, -0.1) is 23.2 Å². The van der Waals surface area contributed by atoms with Gasteiger partial charge in [0.2, 0.25) is 17.6 Å². The van der Waals surface area contributed by atoms with Crippen molar-refractivity contribution < 1.29 is 56.1 Å². The van der Waals surface area contributed by atoms with Crippen LogP contribution < -0.4 is 4.90 Å². The number of anilines is 1. The van der Waals surface area contributed by atoms with Gasteiger partial charge in [0.05, 0.1) is 11.8 Å². The molecular weight excluding hydrogens is 702 g/mol. The molecule has 0 spiro atoms. The van der Waals surface area contributed by atoms with E-state index in [-0.39, 0.29) is 52.6 Å². The van der Waals surface area contributed by atoms with E-state index in [1.54, 1.807) is 0 Å². The number of amides is 4. The maximum atomic E-state index is 15.1. The van der Waals surface area contributed by atoms with Crippen LogP contribution in [0.15, 0.2) is 29.8 Å². The van der Waals surface area contributed by atoms with E-state index in [0.29, 0.717) is 0 Å². The number of carbonyl (C=O) groups is 5. The lowest BCUT2D eigenvalue weighted by Crippen LogP contribution is -2.60. The minimum Gasteiger partial charge on any atom is -0.508 e. The quantitative estimate of drug-likeness (QED) is 0.105. The minimum atomic E-state index is -2.76. The summed E-state index contributed by atoms with van der Waals surface area (Å²) in [6.07, 6.45) is 0.302. The second kappa shape index (κ2) is 11.2. The molecule has 6 rings (SSSR count). The molecule has 1 saturated carbocycles. The molecule has 9 nitrogen and oxygen atoms in total. The Morgan fingerprint density at radius 1 is 0.915 bits per heavy atom. The topological polar surface area (TPSA) is 132 Å². The summed E-state index contributed by atoms with van der Waals surface area (Å²) >= 11 is 20.5. The number of nitrogens with zero attached hydrogens (tertiary/aromatic N) is 2. The molecule has 248 valence electrons. The van der Waals surface area contributed by atoms with Crippen molar-refractivity contribution in [2.45, 2.75) is 41.3 Å². The zero-order chi connectivity index (χ0) is 34.5. The summed E-state index contributed by atoms with van der Waals surface area (Å²) in [5.41, 5.74) is -1.78. The van der Waals surface area contributed by atoms with Crippen molar-refractivity contribution in [3.05, 3.63) is 69.5 Å². The molecule has 0 bridgehead atoms. The molecule has 2 aliphatic heterocycles. The molecular formula is C30H20Cl3F5N2O7. The van der Waals surface area contributed by atoms with E-state index in [4.69, 9.17) is 39.9 Å². The van der Waals surface area contributed by atoms with E-state index >= 15 is 8.78 Å². The number of imide groups is 2. The monoisotopic (exact) mass is 720 g/mol. The van der Waals surface area contributed by atoms with Crippen LogP contribution in [0, 0.1) is 46.8 Å². The van der Waals surface area contributed by atoms with E-state index in [1.807, 2.05) is 0 Å². The average molecular weight is 722 g/mol. The number of carboxylic acids is 1. The van der Waals surface area contributed by atoms with Crippen LogP contribution in [0.4, 0.5) is 27.6 Å². The highest BCUT2D eigenvalue weighted by molar-refractivity contribution is 6.58. The number of carbonyl (C=O) groups excluding carboxylic acids is 4. The molecule has 2 heterocycles. The third kappa shape index (κ3) is 4.43. The SMILES string of the molecule is O=C(O)CCCN1C(=O)[C@H]2[C@H](CC=C3[C@H]2C[C@@]2(Cl)C(=O)N(c4c(F)c(F)c(F)c(F)c4F)C(=O)[C@@]2(Cl)[C@H]3c2ccc(O)cc2Cl)C1=O. The molecule has 2 N–H and O–H groups in total. The summed E-state index contributed by atoms with van der Waals surface area (Å²) in [4.78, 5) is 61.5. The van der Waals surface area contributed by atoms with Crippen molar-refractivity contribution in [1.29, 1.82) is 0 Å². The summed E-state index contributed by atoms with van der Waals surface area (Å²) in [5, 5.41) is 18.8. The summed E-state index contributed by atoms with van der Waals surface area (Å²) in [5.74, 6) is -23.6. The van der Waals surface area contributed by atoms with E-state index in [0.717, 1.165) is 17.0 Å². The van der Waals surface area contributed by atoms with Crippen LogP contribution >= 0.6 is 34.8 Å². The fourth-order valence-corrected chi connectivity index (χ4v) is 8.55. The van der Waals surface area contributed by atoms with Gasteiger partial charge in [-0.1, -0.05) is 29.3 Å². The molecule has 2 saturated heterocycles. The number of allylic oxidation sites excluding steroid dienone is 2. The zero-order valence-corrected chi connectivity index (χ0v) is 25.8. The molecule has 4 amide bonds. The van der Waals surface area contributed by atoms with Crippen molar-refractivity contribution in [2.75, 3.05) is 11.4 Å². The number of alkyl halides is 2. The Hall–Kier alpha value is -3.75. The Balaban J connectivity index is 1.54. The van der Waals surface area contributed by atoms with Crippen LogP contribution in [0.3, 0.4) is 0 Å². The van der Waals surface area contributed by atoms with Crippen LogP contribution in [0.5, 0.6) is 5.75 Å². The number of hydrogen-bond donors (Lipinski definition) is 2. The van der Waals surface area contributed by atoms with Crippen molar-refractivity contribution in [3.63, 3.8) is 0 Å². The third-order valence-corrected chi connectivity index (χ3v) is 11.1. The second-order valence-corrected chi connectivity index (χ2v) is 13.4. The average Bonchev–Trinajstić information content (AvgIpc) is 3.34. The normalized spacial score (nSPS) is 30.0. The highest BCUT2D eigenvalue weighted by atomic mass is 35.5. The van der Waals surface area contributed by atoms with Gasteiger partial charge < -0.3 is 10.2 Å². The number of aromatic hydroxyl groups is 1. The lowest BCUT2D eigenvalue weighted by atomic mass is 9.56. The number of hydrogen-bond acceptors (Lipinski definition) is 6. The van der Waals surface area contributed by atoms with Gasteiger partial charge in [0.1, 0.15) is 11.4 Å². The van der Waals surface area contributed by atoms with Crippen LogP contribution in [-0.2, 0) is 24.0 Å². The van der Waals surface area contributed by atoms with Crippen LogP contribution in [0.25, 0.3) is 0 Å². The highest BCUT2D eigenvalue weighted by Crippen LogP contribution is 2.66. The van der Waals surface area contributed by atoms with Gasteiger partial charge in [0, 0.05) is 23.9 Å². The van der Waals surface area contributed by atoms with E-state index in [9.17, 15) is 42.3 Å². The first kappa shape index (κ1) is 33.2. The van der Waals surface area contributed by atoms with Crippen molar-refractivity contribution >= 4 is 70.1 Å². The smallest absolute Gasteiger partial charge is 0.303 e. The standard InChI is InChI=1S/C30H20Cl3F5N2O7/c31-15-8-10(41)3-4-12(15)18-11-5-6-13-17(26(45)39(25(13)44)7-1-2-16(42)43)14(11)9-29(32)27(46)40(28(47)30(18,29)33)24-22(37)20(35)19(34)21(36)23(24)38/h3-5,8,13-14,17-18,41H,1-2,6-7,9H2,(H,42,43)/t13-,14+,17-,18+,29+,30-/m0/s1. The number of halogens is 8. The first-order valence-corrected chi connectivity index (χ1v) is 15.2. The van der Waals surface area contributed by atoms with Gasteiger partial charge in [-0.05, 0) is 42.9 Å². The molecule has 2 aromatic carbocycles. The number of phenolic OH excluding ortho intramolecular Hbond substituents is 1. The summed E-state index contributed by atoms with van der Waals surface area (Å²) in [7, 11) is 0. The van der Waals surface area contributed by atoms with E-state index < -0.39 is 104 Å². The van der Waals surface area contributed by atoms with Gasteiger partial charge in [0.25, 0.3) is 11.8 Å². The minimum absolute atomic E-state index is 0.0469. The van der Waals surface area contributed by atoms with Gasteiger partial charge in [0.15, 0.2) is 33.0 Å². The summed E-state index contributed by atoms with van der Waals surface area (Å²) in [6, 6.07) is 3.42. The Kier molecular flexibility index (Phi) is 7.88. The molecule has 0 radical (unpaired) electrons. The molecule has 3 fully saturated rings. The maximum absolute atomic E-state index is 15.1. The fourth-order valence-electron chi connectivity index (χ4n) is 7.34. The number of fused-ring (bicyclic) bond motifs is 4. The maximum Gasteiger partial charge on any atom is 0.303 e. The Morgan fingerprint density at radius 3 is 2.13 bits per heavy atom. The van der Waals surface area contributed by atoms with E-state index in [2.05, 4.69) is 0 Å². The first-order valence-electron chi connectivity index (χ1n) is 14.0. The molecule has 2 aromatic rings. The van der Waals surface area contributed by atoms with E-state index in [1.165, 1.54) is 12.1 Å². The number of rotatable bonds is 6. The van der Waals surface area contributed by atoms with Gasteiger partial charge in [-0.25, -0.2) is 26.9 Å². The fraction of sp³-hybridized carbons (Fsp3) is 0.367. The number of aliphatic carboxylic acids is 1. The molecule has 0 unspecified atom stereocenters. The third-order valence-electron chi connectivity index (χ3n) is 9.38. The number of likely N-dealkylation sites (tertiary alicyclic amines) is 1. The van der Waals surface area contributed by atoms with Crippen molar-refractivity contribution in [3.8, 4) is 5.75 Å². The van der Waals surface area contributed by atoms with Crippen molar-refractivity contribution in [2.24, 2.45) is 17.8 Å². The molecule has 17 heteroatoms. The van der Waals surface area contributed by atoms with Gasteiger partial charge in [-0.2, -0.15) is 0 Å². The lowest BCUT2D eigenvalue weighted by Gasteiger charge is -2.50. The largest absolute Gasteiger partial charge is 0.508 e. The lowest BCUT2D eigenvalue weighted by molar-refractivity contribution is -0.142. The number of carboxylic acid groups (broad SMARTS) is 1. The van der Waals surface area contributed by atoms with Crippen LogP contribution in [0.1, 0.15) is 37.2 Å². The zero-order valence-electron chi connectivity index (χ0n) is 23.5. The molecule has 2 aliphatic carbocycles. The van der Waals surface area contributed by atoms with Crippen LogP contribution in [-0.4, -0.2) is 61.0 Å².